The Morgan fingerprint density at radius 3 is 2.58 bits per heavy atom. The summed E-state index contributed by atoms with van der Waals surface area (Å²) in [6.07, 6.45) is 1.62. The van der Waals surface area contributed by atoms with E-state index >= 15 is 0 Å². The van der Waals surface area contributed by atoms with Crippen LogP contribution in [0.15, 0.2) is 53.4 Å². The van der Waals surface area contributed by atoms with Crippen molar-refractivity contribution in [1.82, 2.24) is 9.29 Å². The second kappa shape index (κ2) is 6.72. The minimum Gasteiger partial charge on any atom is -0.358 e. The Bertz CT molecular complexity index is 1050. The van der Waals surface area contributed by atoms with Crippen LogP contribution in [0.25, 0.3) is 10.9 Å². The lowest BCUT2D eigenvalue weighted by atomic mass is 9.95. The molecule has 0 atom stereocenters. The first-order chi connectivity index (χ1) is 12.4. The quantitative estimate of drug-likeness (QED) is 0.707. The molecule has 6 heteroatoms. The van der Waals surface area contributed by atoms with E-state index in [-0.39, 0.29) is 4.90 Å². The van der Waals surface area contributed by atoms with Gasteiger partial charge in [0, 0.05) is 35.2 Å². The van der Waals surface area contributed by atoms with Gasteiger partial charge in [-0.15, -0.1) is 0 Å². The molecule has 3 aromatic rings. The van der Waals surface area contributed by atoms with Crippen molar-refractivity contribution >= 4 is 32.5 Å². The van der Waals surface area contributed by atoms with Crippen molar-refractivity contribution < 1.29 is 8.42 Å². The number of aromatic nitrogens is 1. The van der Waals surface area contributed by atoms with Crippen LogP contribution >= 0.6 is 11.6 Å². The van der Waals surface area contributed by atoms with Gasteiger partial charge < -0.3 is 4.98 Å². The summed E-state index contributed by atoms with van der Waals surface area (Å²) < 4.78 is 27.2. The van der Waals surface area contributed by atoms with Gasteiger partial charge in [0.1, 0.15) is 0 Å². The molecule has 1 aliphatic heterocycles. The summed E-state index contributed by atoms with van der Waals surface area (Å²) in [4.78, 5) is 3.77. The standard InChI is InChI=1S/C20H21ClN2O2S/c1-14-5-6-19-16(11-14)12-20(22-19)15-7-9-23(10-8-15)26(24,25)18-4-2-3-17(21)13-18/h2-6,11-13,15,22H,7-10H2,1H3. The number of piperidine rings is 1. The van der Waals surface area contributed by atoms with Crippen LogP contribution in [0.5, 0.6) is 0 Å². The fraction of sp³-hybridized carbons (Fsp3) is 0.300. The number of nitrogens with zero attached hydrogens (tertiary/aromatic N) is 1. The third-order valence-corrected chi connectivity index (χ3v) is 7.25. The van der Waals surface area contributed by atoms with E-state index < -0.39 is 10.0 Å². The number of aryl methyl sites for hydroxylation is 1. The number of hydrogen-bond acceptors (Lipinski definition) is 2. The molecule has 1 aliphatic rings. The summed E-state index contributed by atoms with van der Waals surface area (Å²) in [6, 6.07) is 15.1. The molecule has 0 spiro atoms. The zero-order valence-electron chi connectivity index (χ0n) is 14.6. The first-order valence-corrected chi connectivity index (χ1v) is 10.6. The number of aromatic amines is 1. The summed E-state index contributed by atoms with van der Waals surface area (Å²) in [5.74, 6) is 0.355. The van der Waals surface area contributed by atoms with Gasteiger partial charge in [-0.3, -0.25) is 0 Å². The molecule has 0 unspecified atom stereocenters. The smallest absolute Gasteiger partial charge is 0.243 e. The molecule has 26 heavy (non-hydrogen) atoms. The molecule has 0 amide bonds. The molecule has 4 nitrogen and oxygen atoms in total. The zero-order valence-corrected chi connectivity index (χ0v) is 16.1. The first kappa shape index (κ1) is 17.6. The van der Waals surface area contributed by atoms with Crippen molar-refractivity contribution in [3.63, 3.8) is 0 Å². The van der Waals surface area contributed by atoms with E-state index in [0.717, 1.165) is 18.4 Å². The van der Waals surface area contributed by atoms with E-state index in [2.05, 4.69) is 36.2 Å². The normalized spacial score (nSPS) is 17.0. The molecule has 0 aliphatic carbocycles. The topological polar surface area (TPSA) is 53.2 Å². The van der Waals surface area contributed by atoms with E-state index in [9.17, 15) is 8.42 Å². The Labute approximate surface area is 158 Å². The van der Waals surface area contributed by atoms with Crippen molar-refractivity contribution in [3.8, 4) is 0 Å². The maximum absolute atomic E-state index is 12.8. The molecule has 0 saturated carbocycles. The van der Waals surface area contributed by atoms with Gasteiger partial charge in [-0.05, 0) is 61.5 Å². The minimum absolute atomic E-state index is 0.268. The van der Waals surface area contributed by atoms with Gasteiger partial charge in [0.2, 0.25) is 10.0 Å². The lowest BCUT2D eigenvalue weighted by Gasteiger charge is -2.30. The van der Waals surface area contributed by atoms with Crippen molar-refractivity contribution in [1.29, 1.82) is 0 Å². The number of benzene rings is 2. The van der Waals surface area contributed by atoms with E-state index in [0.29, 0.717) is 24.0 Å². The average molecular weight is 389 g/mol. The van der Waals surface area contributed by atoms with Gasteiger partial charge in [0.15, 0.2) is 0 Å². The summed E-state index contributed by atoms with van der Waals surface area (Å²) in [6.45, 7) is 3.13. The Balaban J connectivity index is 1.51. The number of sulfonamides is 1. The highest BCUT2D eigenvalue weighted by atomic mass is 35.5. The highest BCUT2D eigenvalue weighted by molar-refractivity contribution is 7.89. The largest absolute Gasteiger partial charge is 0.358 e. The number of H-pyrrole nitrogens is 1. The Kier molecular flexibility index (Phi) is 4.55. The highest BCUT2D eigenvalue weighted by Gasteiger charge is 2.30. The van der Waals surface area contributed by atoms with Crippen molar-refractivity contribution in [2.24, 2.45) is 0 Å². The molecule has 1 aromatic heterocycles. The molecular weight excluding hydrogens is 368 g/mol. The lowest BCUT2D eigenvalue weighted by molar-refractivity contribution is 0.317. The fourth-order valence-corrected chi connectivity index (χ4v) is 5.45. The second-order valence-electron chi connectivity index (χ2n) is 6.95. The summed E-state index contributed by atoms with van der Waals surface area (Å²) in [7, 11) is -3.48. The van der Waals surface area contributed by atoms with Crippen molar-refractivity contribution in [2.75, 3.05) is 13.1 Å². The molecule has 4 rings (SSSR count). The SMILES string of the molecule is Cc1ccc2[nH]c(C3CCN(S(=O)(=O)c4cccc(Cl)c4)CC3)cc2c1. The average Bonchev–Trinajstić information content (AvgIpc) is 3.05. The van der Waals surface area contributed by atoms with E-state index in [1.807, 2.05) is 0 Å². The van der Waals surface area contributed by atoms with Crippen LogP contribution < -0.4 is 0 Å². The fourth-order valence-electron chi connectivity index (χ4n) is 3.68. The molecule has 0 bridgehead atoms. The second-order valence-corrected chi connectivity index (χ2v) is 9.33. The third kappa shape index (κ3) is 3.27. The molecule has 1 N–H and O–H groups in total. The van der Waals surface area contributed by atoms with Crippen LogP contribution in [0.3, 0.4) is 0 Å². The van der Waals surface area contributed by atoms with Crippen LogP contribution in [0.1, 0.15) is 30.0 Å². The number of nitrogens with one attached hydrogen (secondary N) is 1. The highest BCUT2D eigenvalue weighted by Crippen LogP contribution is 2.32. The Morgan fingerprint density at radius 1 is 1.08 bits per heavy atom. The van der Waals surface area contributed by atoms with Crippen molar-refractivity contribution in [2.45, 2.75) is 30.6 Å². The van der Waals surface area contributed by atoms with Crippen LogP contribution in [-0.2, 0) is 10.0 Å². The van der Waals surface area contributed by atoms with Crippen LogP contribution in [0.2, 0.25) is 5.02 Å². The molecule has 1 fully saturated rings. The molecule has 2 heterocycles. The zero-order chi connectivity index (χ0) is 18.3. The van der Waals surface area contributed by atoms with Gasteiger partial charge in [0.25, 0.3) is 0 Å². The Hall–Kier alpha value is -1.82. The van der Waals surface area contributed by atoms with Gasteiger partial charge in [-0.25, -0.2) is 8.42 Å². The van der Waals surface area contributed by atoms with Crippen molar-refractivity contribution in [3.05, 3.63) is 64.8 Å². The van der Waals surface area contributed by atoms with Gasteiger partial charge in [-0.1, -0.05) is 29.3 Å². The van der Waals surface area contributed by atoms with E-state index in [1.54, 1.807) is 22.5 Å². The maximum Gasteiger partial charge on any atom is 0.243 e. The number of halogens is 1. The van der Waals surface area contributed by atoms with Crippen LogP contribution in [0, 0.1) is 6.92 Å². The minimum atomic E-state index is -3.48. The van der Waals surface area contributed by atoms with Gasteiger partial charge >= 0.3 is 0 Å². The first-order valence-electron chi connectivity index (χ1n) is 8.78. The summed E-state index contributed by atoms with van der Waals surface area (Å²) in [5, 5.41) is 1.66. The monoisotopic (exact) mass is 388 g/mol. The van der Waals surface area contributed by atoms with Gasteiger partial charge in [-0.2, -0.15) is 4.31 Å². The predicted molar refractivity (Wildman–Crippen MR) is 105 cm³/mol. The number of hydrogen-bond donors (Lipinski definition) is 1. The lowest BCUT2D eigenvalue weighted by Crippen LogP contribution is -2.37. The van der Waals surface area contributed by atoms with E-state index in [1.165, 1.54) is 22.7 Å². The van der Waals surface area contributed by atoms with Gasteiger partial charge in [0.05, 0.1) is 4.90 Å². The predicted octanol–water partition coefficient (Wildman–Crippen LogP) is 4.70. The molecule has 1 saturated heterocycles. The van der Waals surface area contributed by atoms with Crippen LogP contribution in [-0.4, -0.2) is 30.8 Å². The summed E-state index contributed by atoms with van der Waals surface area (Å²) >= 11 is 5.96. The number of fused-ring (bicyclic) bond motifs is 1. The maximum atomic E-state index is 12.8. The van der Waals surface area contributed by atoms with E-state index in [4.69, 9.17) is 11.6 Å². The third-order valence-electron chi connectivity index (χ3n) is 5.12. The summed E-state index contributed by atoms with van der Waals surface area (Å²) in [5.41, 5.74) is 3.58. The Morgan fingerprint density at radius 2 is 1.85 bits per heavy atom. The molecule has 136 valence electrons. The molecule has 2 aromatic carbocycles. The molecular formula is C20H21ClN2O2S. The molecule has 0 radical (unpaired) electrons. The number of rotatable bonds is 3. The van der Waals surface area contributed by atoms with Crippen LogP contribution in [0.4, 0.5) is 0 Å².